The van der Waals surface area contributed by atoms with Crippen LogP contribution >= 0.6 is 15.9 Å². The van der Waals surface area contributed by atoms with Crippen molar-refractivity contribution in [3.8, 4) is 11.8 Å². The Morgan fingerprint density at radius 1 is 1.31 bits per heavy atom. The van der Waals surface area contributed by atoms with E-state index in [1.165, 1.54) is 0 Å². The minimum Gasteiger partial charge on any atom is -0.298 e. The van der Waals surface area contributed by atoms with E-state index in [0.29, 0.717) is 5.56 Å². The number of rotatable bonds is 2. The first-order chi connectivity index (χ1) is 6.36. The van der Waals surface area contributed by atoms with E-state index < -0.39 is 0 Å². The Hall–Kier alpha value is -1.07. The second-order valence-electron chi connectivity index (χ2n) is 2.48. The molecule has 0 fully saturated rings. The molecule has 0 aliphatic carbocycles. The maximum absolute atomic E-state index is 10.3. The summed E-state index contributed by atoms with van der Waals surface area (Å²) in [6.45, 7) is 0. The monoisotopic (exact) mass is 236 g/mol. The highest BCUT2D eigenvalue weighted by atomic mass is 79.9. The molecule has 13 heavy (non-hydrogen) atoms. The maximum atomic E-state index is 10.3. The zero-order chi connectivity index (χ0) is 9.52. The standard InChI is InChI=1S/C11H9BrO/c12-8-2-1-3-10-4-6-11(9-13)7-5-10/h4-7,9H,2,8H2. The lowest BCUT2D eigenvalue weighted by Crippen LogP contribution is -1.79. The number of alkyl halides is 1. The van der Waals surface area contributed by atoms with Crippen LogP contribution in [0.1, 0.15) is 22.3 Å². The van der Waals surface area contributed by atoms with Crippen molar-refractivity contribution >= 4 is 22.2 Å². The third-order valence-electron chi connectivity index (χ3n) is 1.50. The summed E-state index contributed by atoms with van der Waals surface area (Å²) >= 11 is 3.30. The lowest BCUT2D eigenvalue weighted by atomic mass is 10.1. The summed E-state index contributed by atoms with van der Waals surface area (Å²) in [7, 11) is 0. The van der Waals surface area contributed by atoms with E-state index in [4.69, 9.17) is 0 Å². The van der Waals surface area contributed by atoms with Crippen LogP contribution in [0.15, 0.2) is 24.3 Å². The number of carbonyl (C=O) groups is 1. The van der Waals surface area contributed by atoms with Crippen molar-refractivity contribution in [1.82, 2.24) is 0 Å². The van der Waals surface area contributed by atoms with Crippen LogP contribution < -0.4 is 0 Å². The molecule has 0 saturated heterocycles. The molecular weight excluding hydrogens is 228 g/mol. The van der Waals surface area contributed by atoms with Gasteiger partial charge in [-0.25, -0.2) is 0 Å². The molecule has 0 aromatic heterocycles. The van der Waals surface area contributed by atoms with Gasteiger partial charge in [0.1, 0.15) is 6.29 Å². The van der Waals surface area contributed by atoms with E-state index in [2.05, 4.69) is 27.8 Å². The zero-order valence-corrected chi connectivity index (χ0v) is 8.67. The molecular formula is C11H9BrO. The predicted octanol–water partition coefficient (Wildman–Crippen LogP) is 2.64. The fourth-order valence-corrected chi connectivity index (χ4v) is 1.06. The lowest BCUT2D eigenvalue weighted by Gasteiger charge is -1.90. The Labute approximate surface area is 86.3 Å². The number of carbonyl (C=O) groups excluding carboxylic acids is 1. The molecule has 1 rings (SSSR count). The van der Waals surface area contributed by atoms with Gasteiger partial charge in [-0.3, -0.25) is 4.79 Å². The quantitative estimate of drug-likeness (QED) is 0.439. The van der Waals surface area contributed by atoms with Gasteiger partial charge in [-0.1, -0.05) is 39.9 Å². The summed E-state index contributed by atoms with van der Waals surface area (Å²) in [5, 5.41) is 0.895. The molecule has 1 nitrogen and oxygen atoms in total. The van der Waals surface area contributed by atoms with E-state index >= 15 is 0 Å². The molecule has 0 heterocycles. The minimum atomic E-state index is 0.686. The third-order valence-corrected chi connectivity index (χ3v) is 1.90. The first-order valence-corrected chi connectivity index (χ1v) is 5.09. The Kier molecular flexibility index (Phi) is 4.28. The first-order valence-electron chi connectivity index (χ1n) is 3.97. The summed E-state index contributed by atoms with van der Waals surface area (Å²) in [5.41, 5.74) is 1.64. The molecule has 0 spiro atoms. The average molecular weight is 237 g/mol. The van der Waals surface area contributed by atoms with Gasteiger partial charge in [-0.2, -0.15) is 0 Å². The van der Waals surface area contributed by atoms with Crippen molar-refractivity contribution in [2.45, 2.75) is 6.42 Å². The van der Waals surface area contributed by atoms with Crippen molar-refractivity contribution in [2.24, 2.45) is 0 Å². The van der Waals surface area contributed by atoms with Crippen molar-refractivity contribution < 1.29 is 4.79 Å². The fraction of sp³-hybridized carbons (Fsp3) is 0.182. The minimum absolute atomic E-state index is 0.686. The molecule has 0 N–H and O–H groups in total. The van der Waals surface area contributed by atoms with Crippen LogP contribution in [0.3, 0.4) is 0 Å². The summed E-state index contributed by atoms with van der Waals surface area (Å²) in [4.78, 5) is 10.3. The molecule has 2 heteroatoms. The largest absolute Gasteiger partial charge is 0.298 e. The van der Waals surface area contributed by atoms with Gasteiger partial charge in [-0.15, -0.1) is 0 Å². The van der Waals surface area contributed by atoms with E-state index in [9.17, 15) is 4.79 Å². The van der Waals surface area contributed by atoms with Gasteiger partial charge in [-0.05, 0) is 12.1 Å². The van der Waals surface area contributed by atoms with Gasteiger partial charge in [0, 0.05) is 22.9 Å². The summed E-state index contributed by atoms with van der Waals surface area (Å²) in [6, 6.07) is 7.24. The van der Waals surface area contributed by atoms with Gasteiger partial charge in [0.2, 0.25) is 0 Å². The predicted molar refractivity (Wildman–Crippen MR) is 57.1 cm³/mol. The van der Waals surface area contributed by atoms with Crippen LogP contribution in [-0.4, -0.2) is 11.6 Å². The van der Waals surface area contributed by atoms with E-state index in [1.807, 2.05) is 12.1 Å². The summed E-state index contributed by atoms with van der Waals surface area (Å²) in [6.07, 6.45) is 1.67. The number of benzene rings is 1. The van der Waals surface area contributed by atoms with Gasteiger partial charge < -0.3 is 0 Å². The van der Waals surface area contributed by atoms with Crippen molar-refractivity contribution in [1.29, 1.82) is 0 Å². The fourth-order valence-electron chi connectivity index (χ4n) is 0.857. The second-order valence-corrected chi connectivity index (χ2v) is 3.27. The maximum Gasteiger partial charge on any atom is 0.150 e. The normalized spacial score (nSPS) is 8.69. The Bertz CT molecular complexity index is 329. The smallest absolute Gasteiger partial charge is 0.150 e. The average Bonchev–Trinajstić information content (AvgIpc) is 2.19. The molecule has 0 bridgehead atoms. The highest BCUT2D eigenvalue weighted by Gasteiger charge is 1.88. The second kappa shape index (κ2) is 5.55. The molecule has 0 amide bonds. The molecule has 0 aliphatic heterocycles. The number of hydrogen-bond donors (Lipinski definition) is 0. The Balaban J connectivity index is 2.71. The third kappa shape index (κ3) is 3.43. The van der Waals surface area contributed by atoms with Crippen LogP contribution in [0.4, 0.5) is 0 Å². The van der Waals surface area contributed by atoms with Gasteiger partial charge in [0.25, 0.3) is 0 Å². The highest BCUT2D eigenvalue weighted by Crippen LogP contribution is 2.00. The molecule has 0 saturated carbocycles. The van der Waals surface area contributed by atoms with Crippen molar-refractivity contribution in [2.75, 3.05) is 5.33 Å². The van der Waals surface area contributed by atoms with Crippen LogP contribution in [-0.2, 0) is 0 Å². The highest BCUT2D eigenvalue weighted by molar-refractivity contribution is 9.09. The van der Waals surface area contributed by atoms with Gasteiger partial charge in [0.15, 0.2) is 0 Å². The number of hydrogen-bond acceptors (Lipinski definition) is 1. The number of aldehydes is 1. The molecule has 1 aromatic carbocycles. The molecule has 0 unspecified atom stereocenters. The molecule has 0 atom stereocenters. The van der Waals surface area contributed by atoms with Crippen LogP contribution in [0, 0.1) is 11.8 Å². The summed E-state index contributed by atoms with van der Waals surface area (Å²) in [5.74, 6) is 6.00. The Morgan fingerprint density at radius 2 is 2.00 bits per heavy atom. The number of halogens is 1. The van der Waals surface area contributed by atoms with Crippen molar-refractivity contribution in [3.63, 3.8) is 0 Å². The molecule has 66 valence electrons. The summed E-state index contributed by atoms with van der Waals surface area (Å²) < 4.78 is 0. The molecule has 0 aliphatic rings. The first kappa shape index (κ1) is 10.0. The van der Waals surface area contributed by atoms with Crippen LogP contribution in [0.25, 0.3) is 0 Å². The van der Waals surface area contributed by atoms with Gasteiger partial charge in [0.05, 0.1) is 0 Å². The van der Waals surface area contributed by atoms with Crippen molar-refractivity contribution in [3.05, 3.63) is 35.4 Å². The van der Waals surface area contributed by atoms with E-state index in [1.54, 1.807) is 12.1 Å². The molecule has 0 radical (unpaired) electrons. The SMILES string of the molecule is O=Cc1ccc(C#CCCBr)cc1. The zero-order valence-electron chi connectivity index (χ0n) is 7.09. The topological polar surface area (TPSA) is 17.1 Å². The lowest BCUT2D eigenvalue weighted by molar-refractivity contribution is 0.112. The van der Waals surface area contributed by atoms with Crippen LogP contribution in [0.2, 0.25) is 0 Å². The van der Waals surface area contributed by atoms with Gasteiger partial charge >= 0.3 is 0 Å². The van der Waals surface area contributed by atoms with E-state index in [-0.39, 0.29) is 0 Å². The van der Waals surface area contributed by atoms with E-state index in [0.717, 1.165) is 23.6 Å². The van der Waals surface area contributed by atoms with Crippen LogP contribution in [0.5, 0.6) is 0 Å². The molecule has 1 aromatic rings. The Morgan fingerprint density at radius 3 is 2.54 bits per heavy atom.